The van der Waals surface area contributed by atoms with Gasteiger partial charge in [-0.1, -0.05) is 65.7 Å². The Bertz CT molecular complexity index is 334. The molecule has 0 spiro atoms. The molecule has 0 N–H and O–H groups in total. The zero-order chi connectivity index (χ0) is 17.7. The van der Waals surface area contributed by atoms with Gasteiger partial charge in [0.25, 0.3) is 0 Å². The summed E-state index contributed by atoms with van der Waals surface area (Å²) in [7, 11) is 0. The first-order valence-corrected chi connectivity index (χ1v) is 9.16. The highest BCUT2D eigenvalue weighted by molar-refractivity contribution is 5.99. The van der Waals surface area contributed by atoms with Gasteiger partial charge in [0.1, 0.15) is 0 Å². The summed E-state index contributed by atoms with van der Waals surface area (Å²) in [6, 6.07) is 0. The number of rotatable bonds is 13. The minimum Gasteiger partial charge on any atom is -0.465 e. The maximum atomic E-state index is 12.0. The zero-order valence-electron chi connectivity index (χ0n) is 15.8. The SMILES string of the molecule is CCCCCCCCCCOC(=O)C(C)(C)C(=O)OCC(C)C. The highest BCUT2D eigenvalue weighted by atomic mass is 16.6. The Morgan fingerprint density at radius 2 is 1.30 bits per heavy atom. The van der Waals surface area contributed by atoms with Crippen LogP contribution in [0, 0.1) is 11.3 Å². The first-order chi connectivity index (χ1) is 10.8. The van der Waals surface area contributed by atoms with Crippen LogP contribution in [0.1, 0.15) is 86.0 Å². The Hall–Kier alpha value is -1.06. The monoisotopic (exact) mass is 328 g/mol. The number of carbonyl (C=O) groups is 2. The van der Waals surface area contributed by atoms with E-state index in [1.54, 1.807) is 13.8 Å². The molecule has 0 saturated carbocycles. The van der Waals surface area contributed by atoms with Gasteiger partial charge in [-0.3, -0.25) is 9.59 Å². The third-order valence-electron chi connectivity index (χ3n) is 3.80. The van der Waals surface area contributed by atoms with E-state index in [0.29, 0.717) is 13.2 Å². The predicted octanol–water partition coefficient (Wildman–Crippen LogP) is 4.90. The molecule has 0 aliphatic carbocycles. The molecular formula is C19H36O4. The summed E-state index contributed by atoms with van der Waals surface area (Å²) in [4.78, 5) is 24.0. The van der Waals surface area contributed by atoms with Crippen LogP contribution in [-0.2, 0) is 19.1 Å². The van der Waals surface area contributed by atoms with Gasteiger partial charge in [-0.2, -0.15) is 0 Å². The van der Waals surface area contributed by atoms with Crippen LogP contribution in [0.2, 0.25) is 0 Å². The quantitative estimate of drug-likeness (QED) is 0.274. The van der Waals surface area contributed by atoms with E-state index in [4.69, 9.17) is 9.47 Å². The summed E-state index contributed by atoms with van der Waals surface area (Å²) in [5, 5.41) is 0. The number of hydrogen-bond donors (Lipinski definition) is 0. The van der Waals surface area contributed by atoms with Gasteiger partial charge in [0.15, 0.2) is 5.41 Å². The highest BCUT2D eigenvalue weighted by Gasteiger charge is 2.39. The molecule has 0 amide bonds. The van der Waals surface area contributed by atoms with Crippen molar-refractivity contribution in [1.29, 1.82) is 0 Å². The van der Waals surface area contributed by atoms with Gasteiger partial charge in [0.05, 0.1) is 13.2 Å². The molecule has 4 heteroatoms. The van der Waals surface area contributed by atoms with Crippen LogP contribution in [0.4, 0.5) is 0 Å². The lowest BCUT2D eigenvalue weighted by Gasteiger charge is -2.21. The molecule has 0 rings (SSSR count). The second-order valence-electron chi connectivity index (χ2n) is 7.23. The van der Waals surface area contributed by atoms with Crippen molar-refractivity contribution in [1.82, 2.24) is 0 Å². The zero-order valence-corrected chi connectivity index (χ0v) is 15.8. The minimum atomic E-state index is -1.23. The second kappa shape index (κ2) is 12.4. The fourth-order valence-electron chi connectivity index (χ4n) is 2.09. The molecule has 0 aromatic carbocycles. The summed E-state index contributed by atoms with van der Waals surface area (Å²) < 4.78 is 10.4. The molecule has 0 heterocycles. The van der Waals surface area contributed by atoms with Crippen molar-refractivity contribution in [2.24, 2.45) is 11.3 Å². The number of carbonyl (C=O) groups excluding carboxylic acids is 2. The molecule has 0 fully saturated rings. The fraction of sp³-hybridized carbons (Fsp3) is 0.895. The topological polar surface area (TPSA) is 52.6 Å². The number of hydrogen-bond acceptors (Lipinski definition) is 4. The van der Waals surface area contributed by atoms with E-state index >= 15 is 0 Å². The van der Waals surface area contributed by atoms with Crippen LogP contribution >= 0.6 is 0 Å². The second-order valence-corrected chi connectivity index (χ2v) is 7.23. The minimum absolute atomic E-state index is 0.253. The van der Waals surface area contributed by atoms with Crippen molar-refractivity contribution < 1.29 is 19.1 Å². The van der Waals surface area contributed by atoms with Gasteiger partial charge < -0.3 is 9.47 Å². The lowest BCUT2D eigenvalue weighted by molar-refractivity contribution is -0.170. The van der Waals surface area contributed by atoms with E-state index in [2.05, 4.69) is 6.92 Å². The molecule has 0 bridgehead atoms. The summed E-state index contributed by atoms with van der Waals surface area (Å²) in [6.07, 6.45) is 9.56. The first-order valence-electron chi connectivity index (χ1n) is 9.16. The van der Waals surface area contributed by atoms with Crippen molar-refractivity contribution in [2.45, 2.75) is 86.0 Å². The van der Waals surface area contributed by atoms with E-state index in [1.807, 2.05) is 13.8 Å². The van der Waals surface area contributed by atoms with E-state index in [0.717, 1.165) is 12.8 Å². The lowest BCUT2D eigenvalue weighted by atomic mass is 9.94. The van der Waals surface area contributed by atoms with Crippen LogP contribution < -0.4 is 0 Å². The van der Waals surface area contributed by atoms with Crippen molar-refractivity contribution >= 4 is 11.9 Å². The number of ether oxygens (including phenoxy) is 2. The van der Waals surface area contributed by atoms with Crippen LogP contribution in [0.3, 0.4) is 0 Å². The third kappa shape index (κ3) is 10.4. The van der Waals surface area contributed by atoms with Crippen molar-refractivity contribution in [3.8, 4) is 0 Å². The molecule has 0 saturated heterocycles. The molecule has 0 aliphatic heterocycles. The van der Waals surface area contributed by atoms with Gasteiger partial charge in [0, 0.05) is 0 Å². The van der Waals surface area contributed by atoms with Crippen molar-refractivity contribution in [3.05, 3.63) is 0 Å². The number of esters is 2. The Morgan fingerprint density at radius 1 is 0.826 bits per heavy atom. The Balaban J connectivity index is 3.80. The molecule has 23 heavy (non-hydrogen) atoms. The predicted molar refractivity (Wildman–Crippen MR) is 93.1 cm³/mol. The molecule has 136 valence electrons. The summed E-state index contributed by atoms with van der Waals surface area (Å²) in [5.41, 5.74) is -1.23. The van der Waals surface area contributed by atoms with E-state index in [-0.39, 0.29) is 5.92 Å². The van der Waals surface area contributed by atoms with E-state index in [9.17, 15) is 9.59 Å². The lowest BCUT2D eigenvalue weighted by Crippen LogP contribution is -2.37. The molecule has 0 aromatic rings. The van der Waals surface area contributed by atoms with Crippen LogP contribution in [-0.4, -0.2) is 25.2 Å². The van der Waals surface area contributed by atoms with Crippen LogP contribution in [0.25, 0.3) is 0 Å². The highest BCUT2D eigenvalue weighted by Crippen LogP contribution is 2.20. The standard InChI is InChI=1S/C19H36O4/c1-6-7-8-9-10-11-12-13-14-22-17(20)19(4,5)18(21)23-15-16(2)3/h16H,6-15H2,1-5H3. The van der Waals surface area contributed by atoms with E-state index in [1.165, 1.54) is 38.5 Å². The van der Waals surface area contributed by atoms with Crippen molar-refractivity contribution in [2.75, 3.05) is 13.2 Å². The number of unbranched alkanes of at least 4 members (excludes halogenated alkanes) is 7. The largest absolute Gasteiger partial charge is 0.465 e. The smallest absolute Gasteiger partial charge is 0.322 e. The van der Waals surface area contributed by atoms with Gasteiger partial charge in [-0.25, -0.2) is 0 Å². The van der Waals surface area contributed by atoms with Crippen LogP contribution in [0.5, 0.6) is 0 Å². The maximum Gasteiger partial charge on any atom is 0.322 e. The molecule has 0 aromatic heterocycles. The Morgan fingerprint density at radius 3 is 1.83 bits per heavy atom. The normalized spacial score (nSPS) is 11.6. The van der Waals surface area contributed by atoms with Crippen LogP contribution in [0.15, 0.2) is 0 Å². The maximum absolute atomic E-state index is 12.0. The molecular weight excluding hydrogens is 292 g/mol. The summed E-state index contributed by atoms with van der Waals surface area (Å²) in [5.74, 6) is -0.746. The summed E-state index contributed by atoms with van der Waals surface area (Å²) in [6.45, 7) is 9.97. The molecule has 0 atom stereocenters. The average molecular weight is 328 g/mol. The molecule has 4 nitrogen and oxygen atoms in total. The van der Waals surface area contributed by atoms with Gasteiger partial charge in [0.2, 0.25) is 0 Å². The molecule has 0 radical (unpaired) electrons. The fourth-order valence-corrected chi connectivity index (χ4v) is 2.09. The molecule has 0 aliphatic rings. The Kier molecular flexibility index (Phi) is 11.8. The van der Waals surface area contributed by atoms with Gasteiger partial charge in [-0.15, -0.1) is 0 Å². The van der Waals surface area contributed by atoms with E-state index < -0.39 is 17.4 Å². The summed E-state index contributed by atoms with van der Waals surface area (Å²) >= 11 is 0. The van der Waals surface area contributed by atoms with Crippen molar-refractivity contribution in [3.63, 3.8) is 0 Å². The first kappa shape index (κ1) is 21.9. The Labute approximate surface area is 142 Å². The third-order valence-corrected chi connectivity index (χ3v) is 3.80. The molecule has 0 unspecified atom stereocenters. The van der Waals surface area contributed by atoms with Gasteiger partial charge in [-0.05, 0) is 26.2 Å². The average Bonchev–Trinajstić information content (AvgIpc) is 2.50. The van der Waals surface area contributed by atoms with Gasteiger partial charge >= 0.3 is 11.9 Å².